The van der Waals surface area contributed by atoms with Crippen LogP contribution in [-0.4, -0.2) is 59.4 Å². The second-order valence-corrected chi connectivity index (χ2v) is 5.95. The summed E-state index contributed by atoms with van der Waals surface area (Å²) in [5, 5.41) is 12.2. The smallest absolute Gasteiger partial charge is 0.237 e. The lowest BCUT2D eigenvalue weighted by atomic mass is 10.0. The third kappa shape index (κ3) is 4.23. The molecule has 0 aliphatic carbocycles. The molecule has 1 aliphatic heterocycles. The fourth-order valence-electron chi connectivity index (χ4n) is 2.30. The van der Waals surface area contributed by atoms with E-state index >= 15 is 0 Å². The van der Waals surface area contributed by atoms with E-state index in [2.05, 4.69) is 10.2 Å². The van der Waals surface area contributed by atoms with Crippen LogP contribution in [0.2, 0.25) is 0 Å². The van der Waals surface area contributed by atoms with Crippen molar-refractivity contribution in [3.8, 4) is 0 Å². The van der Waals surface area contributed by atoms with E-state index in [-0.39, 0.29) is 36.3 Å². The van der Waals surface area contributed by atoms with Gasteiger partial charge in [-0.15, -0.1) is 0 Å². The molecular weight excluding hydrogens is 232 g/mol. The Bertz CT molecular complexity index is 292. The van der Waals surface area contributed by atoms with Gasteiger partial charge in [-0.3, -0.25) is 9.69 Å². The molecular formula is C13H26N2O3. The van der Waals surface area contributed by atoms with Gasteiger partial charge in [0.05, 0.1) is 24.4 Å². The number of morpholine rings is 1. The predicted molar refractivity (Wildman–Crippen MR) is 70.4 cm³/mol. The summed E-state index contributed by atoms with van der Waals surface area (Å²) in [5.41, 5.74) is -0.335. The molecule has 0 aromatic carbocycles. The van der Waals surface area contributed by atoms with Gasteiger partial charge in [0.15, 0.2) is 0 Å². The van der Waals surface area contributed by atoms with Crippen LogP contribution in [0.1, 0.15) is 34.6 Å². The zero-order valence-electron chi connectivity index (χ0n) is 12.1. The van der Waals surface area contributed by atoms with Gasteiger partial charge in [0.2, 0.25) is 5.91 Å². The minimum Gasteiger partial charge on any atom is -0.394 e. The summed E-state index contributed by atoms with van der Waals surface area (Å²) in [6, 6.07) is -0.0627. The summed E-state index contributed by atoms with van der Waals surface area (Å²) >= 11 is 0. The van der Waals surface area contributed by atoms with Crippen molar-refractivity contribution in [1.82, 2.24) is 10.2 Å². The molecule has 0 radical (unpaired) electrons. The number of hydrogen-bond acceptors (Lipinski definition) is 4. The first-order valence-electron chi connectivity index (χ1n) is 6.58. The molecule has 1 rings (SSSR count). The molecule has 1 fully saturated rings. The van der Waals surface area contributed by atoms with Crippen molar-refractivity contribution in [3.63, 3.8) is 0 Å². The van der Waals surface area contributed by atoms with Crippen molar-refractivity contribution in [1.29, 1.82) is 0 Å². The van der Waals surface area contributed by atoms with Crippen molar-refractivity contribution in [3.05, 3.63) is 0 Å². The molecule has 5 heteroatoms. The van der Waals surface area contributed by atoms with Crippen LogP contribution in [-0.2, 0) is 9.53 Å². The lowest BCUT2D eigenvalue weighted by molar-refractivity contribution is -0.161. The number of carbonyl (C=O) groups is 1. The molecule has 0 spiro atoms. The van der Waals surface area contributed by atoms with E-state index in [1.165, 1.54) is 0 Å². The molecule has 1 heterocycles. The Kier molecular flexibility index (Phi) is 5.13. The number of aliphatic hydroxyl groups is 1. The Labute approximate surface area is 109 Å². The molecule has 2 unspecified atom stereocenters. The molecule has 0 aromatic heterocycles. The molecule has 0 bridgehead atoms. The molecule has 2 N–H and O–H groups in total. The minimum absolute atomic E-state index is 0.0154. The van der Waals surface area contributed by atoms with Gasteiger partial charge in [0.1, 0.15) is 0 Å². The first-order chi connectivity index (χ1) is 8.25. The Morgan fingerprint density at radius 3 is 2.61 bits per heavy atom. The van der Waals surface area contributed by atoms with Gasteiger partial charge in [-0.1, -0.05) is 0 Å². The third-order valence-electron chi connectivity index (χ3n) is 3.07. The topological polar surface area (TPSA) is 61.8 Å². The van der Waals surface area contributed by atoms with E-state index < -0.39 is 0 Å². The van der Waals surface area contributed by atoms with Crippen molar-refractivity contribution in [2.24, 2.45) is 0 Å². The molecule has 106 valence electrons. The quantitative estimate of drug-likeness (QED) is 0.765. The van der Waals surface area contributed by atoms with Gasteiger partial charge in [0, 0.05) is 19.1 Å². The number of rotatable bonds is 4. The van der Waals surface area contributed by atoms with Crippen LogP contribution in [0, 0.1) is 0 Å². The molecule has 1 aliphatic rings. The van der Waals surface area contributed by atoms with E-state index in [1.807, 2.05) is 34.6 Å². The maximum atomic E-state index is 12.0. The number of ether oxygens (including phenoxy) is 1. The molecule has 2 atom stereocenters. The van der Waals surface area contributed by atoms with E-state index in [0.29, 0.717) is 13.1 Å². The Morgan fingerprint density at radius 2 is 2.11 bits per heavy atom. The molecule has 0 aromatic rings. The van der Waals surface area contributed by atoms with E-state index in [1.54, 1.807) is 0 Å². The van der Waals surface area contributed by atoms with Crippen LogP contribution in [0.3, 0.4) is 0 Å². The fourth-order valence-corrected chi connectivity index (χ4v) is 2.30. The molecule has 0 saturated carbocycles. The summed E-state index contributed by atoms with van der Waals surface area (Å²) in [7, 11) is 0. The maximum Gasteiger partial charge on any atom is 0.237 e. The molecule has 5 nitrogen and oxygen atoms in total. The highest BCUT2D eigenvalue weighted by Gasteiger charge is 2.36. The van der Waals surface area contributed by atoms with Gasteiger partial charge in [-0.2, -0.15) is 0 Å². The van der Waals surface area contributed by atoms with E-state index in [9.17, 15) is 9.90 Å². The lowest BCUT2D eigenvalue weighted by Crippen LogP contribution is -2.59. The van der Waals surface area contributed by atoms with Crippen molar-refractivity contribution in [2.45, 2.75) is 58.4 Å². The molecule has 1 amide bonds. The second-order valence-electron chi connectivity index (χ2n) is 5.95. The van der Waals surface area contributed by atoms with Crippen molar-refractivity contribution >= 4 is 5.91 Å². The van der Waals surface area contributed by atoms with Gasteiger partial charge in [-0.05, 0) is 34.6 Å². The van der Waals surface area contributed by atoms with E-state index in [4.69, 9.17) is 4.74 Å². The molecule has 1 saturated heterocycles. The van der Waals surface area contributed by atoms with Gasteiger partial charge in [-0.25, -0.2) is 0 Å². The maximum absolute atomic E-state index is 12.0. The van der Waals surface area contributed by atoms with E-state index in [0.717, 1.165) is 0 Å². The average molecular weight is 258 g/mol. The first-order valence-corrected chi connectivity index (χ1v) is 6.58. The summed E-state index contributed by atoms with van der Waals surface area (Å²) < 4.78 is 5.74. The normalized spacial score (nSPS) is 26.1. The fraction of sp³-hybridized carbons (Fsp3) is 0.923. The number of aliphatic hydroxyl groups excluding tert-OH is 1. The zero-order chi connectivity index (χ0) is 13.9. The number of amides is 1. The highest BCUT2D eigenvalue weighted by Crippen LogP contribution is 2.22. The standard InChI is InChI=1S/C13H26N2O3/c1-9(2)14-12(17)10(3)15-6-11(7-16)18-13(4,5)8-15/h9-11,16H,6-8H2,1-5H3,(H,14,17). The minimum atomic E-state index is -0.335. The number of nitrogens with one attached hydrogen (secondary N) is 1. The third-order valence-corrected chi connectivity index (χ3v) is 3.07. The summed E-state index contributed by atoms with van der Waals surface area (Å²) in [5.74, 6) is 0.0272. The Balaban J connectivity index is 2.66. The van der Waals surface area contributed by atoms with Crippen molar-refractivity contribution < 1.29 is 14.6 Å². The van der Waals surface area contributed by atoms with Crippen LogP contribution in [0.4, 0.5) is 0 Å². The monoisotopic (exact) mass is 258 g/mol. The molecule has 18 heavy (non-hydrogen) atoms. The largest absolute Gasteiger partial charge is 0.394 e. The van der Waals surface area contributed by atoms with Gasteiger partial charge < -0.3 is 15.2 Å². The van der Waals surface area contributed by atoms with Gasteiger partial charge in [0.25, 0.3) is 0 Å². The predicted octanol–water partition coefficient (Wildman–Crippen LogP) is 0.371. The summed E-state index contributed by atoms with van der Waals surface area (Å²) in [6.45, 7) is 11.0. The van der Waals surface area contributed by atoms with Crippen LogP contribution in [0.25, 0.3) is 0 Å². The highest BCUT2D eigenvalue weighted by molar-refractivity contribution is 5.81. The van der Waals surface area contributed by atoms with Gasteiger partial charge >= 0.3 is 0 Å². The number of carbonyl (C=O) groups excluding carboxylic acids is 1. The first kappa shape index (κ1) is 15.4. The second kappa shape index (κ2) is 5.99. The van der Waals surface area contributed by atoms with Crippen LogP contribution in [0.5, 0.6) is 0 Å². The highest BCUT2D eigenvalue weighted by atomic mass is 16.5. The Morgan fingerprint density at radius 1 is 1.50 bits per heavy atom. The summed E-state index contributed by atoms with van der Waals surface area (Å²) in [4.78, 5) is 14.1. The number of nitrogens with zero attached hydrogens (tertiary/aromatic N) is 1. The Hall–Kier alpha value is -0.650. The van der Waals surface area contributed by atoms with Crippen LogP contribution < -0.4 is 5.32 Å². The van der Waals surface area contributed by atoms with Crippen molar-refractivity contribution in [2.75, 3.05) is 19.7 Å². The SMILES string of the molecule is CC(C)NC(=O)C(C)N1CC(CO)OC(C)(C)C1. The van der Waals surface area contributed by atoms with Crippen LogP contribution in [0.15, 0.2) is 0 Å². The summed E-state index contributed by atoms with van der Waals surface area (Å²) in [6.07, 6.45) is -0.219. The number of hydrogen-bond donors (Lipinski definition) is 2. The van der Waals surface area contributed by atoms with Crippen LogP contribution >= 0.6 is 0 Å². The lowest BCUT2D eigenvalue weighted by Gasteiger charge is -2.44. The average Bonchev–Trinajstić information content (AvgIpc) is 2.24. The zero-order valence-corrected chi connectivity index (χ0v) is 12.1.